The zero-order valence-corrected chi connectivity index (χ0v) is 7.39. The average Bonchev–Trinajstić information content (AvgIpc) is 2.51. The quantitative estimate of drug-likeness (QED) is 0.524. The summed E-state index contributed by atoms with van der Waals surface area (Å²) in [5.41, 5.74) is 8.74. The van der Waals surface area contributed by atoms with E-state index in [0.29, 0.717) is 0 Å². The molecule has 12 heavy (non-hydrogen) atoms. The summed E-state index contributed by atoms with van der Waals surface area (Å²) in [7, 11) is 0. The van der Waals surface area contributed by atoms with Crippen molar-refractivity contribution < 1.29 is 4.79 Å². The topological polar surface area (TPSA) is 67.5 Å². The van der Waals surface area contributed by atoms with Crippen LogP contribution in [0.1, 0.15) is 12.5 Å². The highest BCUT2D eigenvalue weighted by atomic mass is 32.1. The minimum absolute atomic E-state index is 0.649. The van der Waals surface area contributed by atoms with E-state index in [1.807, 2.05) is 16.8 Å². The van der Waals surface area contributed by atoms with E-state index >= 15 is 0 Å². The van der Waals surface area contributed by atoms with Gasteiger partial charge in [0, 0.05) is 5.56 Å². The van der Waals surface area contributed by atoms with Gasteiger partial charge < -0.3 is 5.73 Å². The molecule has 1 heterocycles. The highest BCUT2D eigenvalue weighted by Gasteiger charge is 1.96. The summed E-state index contributed by atoms with van der Waals surface area (Å²) in [6, 6.07) is 1.27. The lowest BCUT2D eigenvalue weighted by molar-refractivity contribution is 0.249. The van der Waals surface area contributed by atoms with Gasteiger partial charge in [0.1, 0.15) is 0 Å². The Labute approximate surface area is 74.1 Å². The number of amides is 2. The third kappa shape index (κ3) is 2.35. The minimum atomic E-state index is -0.649. The van der Waals surface area contributed by atoms with E-state index in [0.717, 1.165) is 11.3 Å². The Morgan fingerprint density at radius 1 is 1.75 bits per heavy atom. The number of hydrazone groups is 1. The van der Waals surface area contributed by atoms with Gasteiger partial charge in [0.05, 0.1) is 5.71 Å². The summed E-state index contributed by atoms with van der Waals surface area (Å²) in [6.07, 6.45) is 0. The summed E-state index contributed by atoms with van der Waals surface area (Å²) >= 11 is 1.58. The number of primary amides is 1. The van der Waals surface area contributed by atoms with Gasteiger partial charge in [-0.25, -0.2) is 10.2 Å². The van der Waals surface area contributed by atoms with Crippen molar-refractivity contribution in [1.82, 2.24) is 5.43 Å². The molecule has 0 spiro atoms. The van der Waals surface area contributed by atoms with Crippen molar-refractivity contribution in [3.05, 3.63) is 22.4 Å². The van der Waals surface area contributed by atoms with Gasteiger partial charge in [-0.1, -0.05) is 0 Å². The van der Waals surface area contributed by atoms with Gasteiger partial charge in [0.15, 0.2) is 0 Å². The third-order valence-corrected chi connectivity index (χ3v) is 1.96. The first-order valence-corrected chi connectivity index (χ1v) is 4.26. The van der Waals surface area contributed by atoms with Crippen molar-refractivity contribution in [2.24, 2.45) is 10.8 Å². The first kappa shape index (κ1) is 8.73. The zero-order chi connectivity index (χ0) is 8.97. The smallest absolute Gasteiger partial charge is 0.332 e. The van der Waals surface area contributed by atoms with Crippen LogP contribution >= 0.6 is 11.3 Å². The minimum Gasteiger partial charge on any atom is -0.350 e. The zero-order valence-electron chi connectivity index (χ0n) is 6.57. The number of nitrogens with two attached hydrogens (primary N) is 1. The molecule has 0 fully saturated rings. The van der Waals surface area contributed by atoms with Gasteiger partial charge in [0.2, 0.25) is 0 Å². The fourth-order valence-electron chi connectivity index (χ4n) is 0.674. The molecule has 0 bridgehead atoms. The molecule has 0 radical (unpaired) electrons. The summed E-state index contributed by atoms with van der Waals surface area (Å²) in [5, 5.41) is 7.65. The molecule has 0 saturated carbocycles. The van der Waals surface area contributed by atoms with Crippen LogP contribution in [0, 0.1) is 0 Å². The van der Waals surface area contributed by atoms with Crippen LogP contribution in [0.5, 0.6) is 0 Å². The van der Waals surface area contributed by atoms with Crippen molar-refractivity contribution in [3.63, 3.8) is 0 Å². The Morgan fingerprint density at radius 2 is 2.50 bits per heavy atom. The number of nitrogens with one attached hydrogen (secondary N) is 1. The fourth-order valence-corrected chi connectivity index (χ4v) is 1.37. The first-order valence-electron chi connectivity index (χ1n) is 3.32. The Balaban J connectivity index is 2.65. The molecular formula is C7H9N3OS. The third-order valence-electron chi connectivity index (χ3n) is 1.27. The monoisotopic (exact) mass is 183 g/mol. The number of rotatable bonds is 2. The first-order chi connectivity index (χ1) is 5.70. The number of hydrogen-bond acceptors (Lipinski definition) is 3. The standard InChI is InChI=1S/C7H9N3OS/c1-5(9-10-7(8)11)6-2-3-12-4-6/h2-4H,1H3,(H3,8,10,11)/b9-5+. The Kier molecular flexibility index (Phi) is 2.82. The molecule has 5 heteroatoms. The van der Waals surface area contributed by atoms with E-state index in [1.54, 1.807) is 18.3 Å². The number of hydrogen-bond donors (Lipinski definition) is 2. The van der Waals surface area contributed by atoms with Crippen LogP contribution in [-0.2, 0) is 0 Å². The Bertz CT molecular complexity index is 292. The summed E-state index contributed by atoms with van der Waals surface area (Å²) in [5.74, 6) is 0. The lowest BCUT2D eigenvalue weighted by Gasteiger charge is -1.95. The predicted octanol–water partition coefficient (Wildman–Crippen LogP) is 1.14. The second kappa shape index (κ2) is 3.87. The van der Waals surface area contributed by atoms with Crippen molar-refractivity contribution in [1.29, 1.82) is 0 Å². The van der Waals surface area contributed by atoms with Crippen molar-refractivity contribution in [2.75, 3.05) is 0 Å². The van der Waals surface area contributed by atoms with Gasteiger partial charge in [-0.2, -0.15) is 16.4 Å². The maximum atomic E-state index is 10.3. The maximum absolute atomic E-state index is 10.3. The van der Waals surface area contributed by atoms with Crippen LogP contribution < -0.4 is 11.2 Å². The fraction of sp³-hybridized carbons (Fsp3) is 0.143. The lowest BCUT2D eigenvalue weighted by atomic mass is 10.2. The number of urea groups is 1. The van der Waals surface area contributed by atoms with Crippen molar-refractivity contribution >= 4 is 23.1 Å². The van der Waals surface area contributed by atoms with Gasteiger partial charge >= 0.3 is 6.03 Å². The van der Waals surface area contributed by atoms with Crippen LogP contribution in [0.15, 0.2) is 21.9 Å². The molecule has 0 unspecified atom stereocenters. The summed E-state index contributed by atoms with van der Waals surface area (Å²) in [4.78, 5) is 10.3. The average molecular weight is 183 g/mol. The van der Waals surface area contributed by atoms with Gasteiger partial charge in [-0.05, 0) is 23.8 Å². The molecule has 64 valence electrons. The molecule has 0 atom stereocenters. The van der Waals surface area contributed by atoms with Crippen molar-refractivity contribution in [2.45, 2.75) is 6.92 Å². The molecule has 0 aliphatic carbocycles. The van der Waals surface area contributed by atoms with Crippen LogP contribution in [0.3, 0.4) is 0 Å². The van der Waals surface area contributed by atoms with E-state index in [9.17, 15) is 4.79 Å². The number of thiophene rings is 1. The van der Waals surface area contributed by atoms with Gasteiger partial charge in [0.25, 0.3) is 0 Å². The highest BCUT2D eigenvalue weighted by molar-refractivity contribution is 7.08. The second-order valence-corrected chi connectivity index (χ2v) is 2.97. The number of carbonyl (C=O) groups excluding carboxylic acids is 1. The molecule has 4 nitrogen and oxygen atoms in total. The lowest BCUT2D eigenvalue weighted by Crippen LogP contribution is -2.25. The molecular weight excluding hydrogens is 174 g/mol. The normalized spacial score (nSPS) is 11.2. The molecule has 0 aromatic carbocycles. The molecule has 1 aromatic rings. The van der Waals surface area contributed by atoms with E-state index in [1.165, 1.54) is 0 Å². The highest BCUT2D eigenvalue weighted by Crippen LogP contribution is 2.06. The Hall–Kier alpha value is -1.36. The van der Waals surface area contributed by atoms with E-state index < -0.39 is 6.03 Å². The maximum Gasteiger partial charge on any atom is 0.332 e. The molecule has 0 saturated heterocycles. The van der Waals surface area contributed by atoms with Gasteiger partial charge in [-0.15, -0.1) is 0 Å². The molecule has 2 amide bonds. The molecule has 1 aromatic heterocycles. The molecule has 0 aliphatic rings. The largest absolute Gasteiger partial charge is 0.350 e. The van der Waals surface area contributed by atoms with Crippen LogP contribution in [0.25, 0.3) is 0 Å². The van der Waals surface area contributed by atoms with Crippen molar-refractivity contribution in [3.8, 4) is 0 Å². The SMILES string of the molecule is C/C(=N\NC(N)=O)c1ccsc1. The summed E-state index contributed by atoms with van der Waals surface area (Å²) < 4.78 is 0. The van der Waals surface area contributed by atoms with E-state index in [4.69, 9.17) is 5.73 Å². The van der Waals surface area contributed by atoms with Crippen LogP contribution in [-0.4, -0.2) is 11.7 Å². The summed E-state index contributed by atoms with van der Waals surface area (Å²) in [6.45, 7) is 1.80. The van der Waals surface area contributed by atoms with Crippen LogP contribution in [0.4, 0.5) is 4.79 Å². The number of nitrogens with zero attached hydrogens (tertiary/aromatic N) is 1. The second-order valence-electron chi connectivity index (χ2n) is 2.19. The molecule has 3 N–H and O–H groups in total. The Morgan fingerprint density at radius 3 is 3.00 bits per heavy atom. The van der Waals surface area contributed by atoms with E-state index in [-0.39, 0.29) is 0 Å². The van der Waals surface area contributed by atoms with Crippen LogP contribution in [0.2, 0.25) is 0 Å². The van der Waals surface area contributed by atoms with Gasteiger partial charge in [-0.3, -0.25) is 0 Å². The molecule has 1 rings (SSSR count). The number of carbonyl (C=O) groups is 1. The molecule has 0 aliphatic heterocycles. The van der Waals surface area contributed by atoms with E-state index in [2.05, 4.69) is 10.5 Å². The predicted molar refractivity (Wildman–Crippen MR) is 49.2 cm³/mol.